The van der Waals surface area contributed by atoms with Crippen molar-refractivity contribution in [1.82, 2.24) is 0 Å². The second kappa shape index (κ2) is 4.50. The van der Waals surface area contributed by atoms with Crippen LogP contribution in [0.4, 0.5) is 10.1 Å². The number of amides is 1. The molecule has 0 N–H and O–H groups in total. The number of hydrogen-bond donors (Lipinski definition) is 0. The summed E-state index contributed by atoms with van der Waals surface area (Å²) < 4.78 is 13.7. The third-order valence-electron chi connectivity index (χ3n) is 3.48. The van der Waals surface area contributed by atoms with Gasteiger partial charge >= 0.3 is 0 Å². The lowest BCUT2D eigenvalue weighted by atomic mass is 10.1. The fourth-order valence-electron chi connectivity index (χ4n) is 2.41. The Kier molecular flexibility index (Phi) is 2.82. The van der Waals surface area contributed by atoms with E-state index >= 15 is 0 Å². The van der Waals surface area contributed by atoms with Crippen molar-refractivity contribution in [3.8, 4) is 0 Å². The third kappa shape index (κ3) is 2.12. The predicted octanol–water partition coefficient (Wildman–Crippen LogP) is 3.22. The van der Waals surface area contributed by atoms with Gasteiger partial charge in [0.15, 0.2) is 0 Å². The molecule has 0 radical (unpaired) electrons. The lowest BCUT2D eigenvalue weighted by Gasteiger charge is -2.17. The van der Waals surface area contributed by atoms with Crippen molar-refractivity contribution < 1.29 is 9.18 Å². The molecule has 0 unspecified atom stereocenters. The summed E-state index contributed by atoms with van der Waals surface area (Å²) in [5.74, 6) is -0.335. The summed E-state index contributed by atoms with van der Waals surface area (Å²) in [6.45, 7) is 2.52. The molecule has 0 aromatic heterocycles. The molecule has 0 aliphatic carbocycles. The molecule has 0 atom stereocenters. The van der Waals surface area contributed by atoms with Gasteiger partial charge in [0.2, 0.25) is 5.91 Å². The summed E-state index contributed by atoms with van der Waals surface area (Å²) in [4.78, 5) is 13.7. The normalized spacial score (nSPS) is 13.8. The highest BCUT2D eigenvalue weighted by molar-refractivity contribution is 6.01. The van der Waals surface area contributed by atoms with Crippen LogP contribution in [0.25, 0.3) is 0 Å². The first-order valence-electron chi connectivity index (χ1n) is 6.28. The molecule has 0 bridgehead atoms. The molecule has 1 aliphatic heterocycles. The van der Waals surface area contributed by atoms with Crippen molar-refractivity contribution in [3.05, 3.63) is 65.0 Å². The number of halogens is 1. The van der Waals surface area contributed by atoms with Gasteiger partial charge in [-0.15, -0.1) is 0 Å². The van der Waals surface area contributed by atoms with Gasteiger partial charge in [-0.2, -0.15) is 0 Å². The summed E-state index contributed by atoms with van der Waals surface area (Å²) in [5.41, 5.74) is 3.45. The Morgan fingerprint density at radius 3 is 2.63 bits per heavy atom. The number of carbonyl (C=O) groups excluding carboxylic acids is 1. The number of fused-ring (bicyclic) bond motifs is 1. The fraction of sp³-hybridized carbons (Fsp3) is 0.188. The predicted molar refractivity (Wildman–Crippen MR) is 72.5 cm³/mol. The van der Waals surface area contributed by atoms with Crippen molar-refractivity contribution in [2.24, 2.45) is 0 Å². The minimum absolute atomic E-state index is 0.0410. The number of anilines is 1. The molecule has 3 rings (SSSR count). The number of aryl methyl sites for hydroxylation is 1. The van der Waals surface area contributed by atoms with Crippen LogP contribution in [0.5, 0.6) is 0 Å². The fourth-order valence-corrected chi connectivity index (χ4v) is 2.41. The van der Waals surface area contributed by atoms with Crippen LogP contribution in [0.1, 0.15) is 16.7 Å². The van der Waals surface area contributed by atoms with E-state index in [-0.39, 0.29) is 18.1 Å². The topological polar surface area (TPSA) is 20.3 Å². The van der Waals surface area contributed by atoms with E-state index in [2.05, 4.69) is 0 Å². The summed E-state index contributed by atoms with van der Waals surface area (Å²) in [6, 6.07) is 12.9. The third-order valence-corrected chi connectivity index (χ3v) is 3.48. The number of carbonyl (C=O) groups is 1. The monoisotopic (exact) mass is 255 g/mol. The van der Waals surface area contributed by atoms with E-state index in [0.29, 0.717) is 17.8 Å². The SMILES string of the molecule is Cc1ccc(CN2C(=O)Cc3c(F)cccc32)cc1. The van der Waals surface area contributed by atoms with E-state index in [1.54, 1.807) is 17.0 Å². The molecule has 96 valence electrons. The van der Waals surface area contributed by atoms with Crippen LogP contribution in [0.3, 0.4) is 0 Å². The highest BCUT2D eigenvalue weighted by atomic mass is 19.1. The molecule has 0 saturated carbocycles. The van der Waals surface area contributed by atoms with Crippen LogP contribution >= 0.6 is 0 Å². The van der Waals surface area contributed by atoms with Crippen molar-refractivity contribution in [2.45, 2.75) is 19.9 Å². The van der Waals surface area contributed by atoms with Gasteiger partial charge in [-0.1, -0.05) is 35.9 Å². The van der Waals surface area contributed by atoms with Gasteiger partial charge in [0.25, 0.3) is 0 Å². The van der Waals surface area contributed by atoms with Gasteiger partial charge in [-0.3, -0.25) is 4.79 Å². The van der Waals surface area contributed by atoms with E-state index in [1.165, 1.54) is 11.6 Å². The average molecular weight is 255 g/mol. The van der Waals surface area contributed by atoms with Gasteiger partial charge in [0.05, 0.1) is 18.7 Å². The zero-order valence-corrected chi connectivity index (χ0v) is 10.7. The number of rotatable bonds is 2. The lowest BCUT2D eigenvalue weighted by molar-refractivity contribution is -0.117. The van der Waals surface area contributed by atoms with Crippen LogP contribution in [-0.4, -0.2) is 5.91 Å². The van der Waals surface area contributed by atoms with Crippen molar-refractivity contribution in [3.63, 3.8) is 0 Å². The first kappa shape index (κ1) is 11.9. The molecule has 1 heterocycles. The second-order valence-electron chi connectivity index (χ2n) is 4.88. The Labute approximate surface area is 111 Å². The van der Waals surface area contributed by atoms with Crippen molar-refractivity contribution in [2.75, 3.05) is 4.90 Å². The van der Waals surface area contributed by atoms with Crippen LogP contribution in [0.2, 0.25) is 0 Å². The summed E-state index contributed by atoms with van der Waals surface area (Å²) >= 11 is 0. The zero-order valence-electron chi connectivity index (χ0n) is 10.7. The average Bonchev–Trinajstić information content (AvgIpc) is 2.71. The Balaban J connectivity index is 1.92. The van der Waals surface area contributed by atoms with Crippen LogP contribution in [0.15, 0.2) is 42.5 Å². The number of benzene rings is 2. The molecule has 0 fully saturated rings. The summed E-state index contributed by atoms with van der Waals surface area (Å²) in [5, 5.41) is 0. The molecule has 1 aliphatic rings. The lowest BCUT2D eigenvalue weighted by Crippen LogP contribution is -2.25. The molecule has 3 heteroatoms. The maximum Gasteiger partial charge on any atom is 0.231 e. The van der Waals surface area contributed by atoms with Crippen LogP contribution < -0.4 is 4.90 Å². The van der Waals surface area contributed by atoms with Crippen molar-refractivity contribution >= 4 is 11.6 Å². The molecule has 2 aromatic rings. The zero-order chi connectivity index (χ0) is 13.4. The summed E-state index contributed by atoms with van der Waals surface area (Å²) in [6.07, 6.45) is 0.161. The molecule has 2 aromatic carbocycles. The molecule has 0 saturated heterocycles. The highest BCUT2D eigenvalue weighted by Gasteiger charge is 2.29. The number of nitrogens with zero attached hydrogens (tertiary/aromatic N) is 1. The molecule has 1 amide bonds. The minimum atomic E-state index is -0.294. The largest absolute Gasteiger partial charge is 0.307 e. The standard InChI is InChI=1S/C16H14FNO/c1-11-5-7-12(8-6-11)10-18-15-4-2-3-14(17)13(15)9-16(18)19/h2-8H,9-10H2,1H3. The van der Waals surface area contributed by atoms with Crippen LogP contribution in [0, 0.1) is 12.7 Å². The van der Waals surface area contributed by atoms with E-state index in [0.717, 1.165) is 5.56 Å². The van der Waals surface area contributed by atoms with Gasteiger partial charge in [-0.05, 0) is 24.6 Å². The van der Waals surface area contributed by atoms with E-state index < -0.39 is 0 Å². The highest BCUT2D eigenvalue weighted by Crippen LogP contribution is 2.31. The Hall–Kier alpha value is -2.16. The number of hydrogen-bond acceptors (Lipinski definition) is 1. The minimum Gasteiger partial charge on any atom is -0.307 e. The van der Waals surface area contributed by atoms with E-state index in [9.17, 15) is 9.18 Å². The maximum atomic E-state index is 13.7. The van der Waals surface area contributed by atoms with Gasteiger partial charge < -0.3 is 4.90 Å². The van der Waals surface area contributed by atoms with Gasteiger partial charge in [-0.25, -0.2) is 4.39 Å². The Morgan fingerprint density at radius 2 is 1.89 bits per heavy atom. The first-order chi connectivity index (χ1) is 9.15. The second-order valence-corrected chi connectivity index (χ2v) is 4.88. The maximum absolute atomic E-state index is 13.7. The molecule has 2 nitrogen and oxygen atoms in total. The van der Waals surface area contributed by atoms with Gasteiger partial charge in [0.1, 0.15) is 5.82 Å². The Morgan fingerprint density at radius 1 is 1.16 bits per heavy atom. The van der Waals surface area contributed by atoms with E-state index in [4.69, 9.17) is 0 Å². The summed E-state index contributed by atoms with van der Waals surface area (Å²) in [7, 11) is 0. The quantitative estimate of drug-likeness (QED) is 0.806. The molecule has 19 heavy (non-hydrogen) atoms. The van der Waals surface area contributed by atoms with Crippen LogP contribution in [-0.2, 0) is 17.8 Å². The smallest absolute Gasteiger partial charge is 0.231 e. The Bertz CT molecular complexity index is 634. The van der Waals surface area contributed by atoms with Crippen molar-refractivity contribution in [1.29, 1.82) is 0 Å². The van der Waals surface area contributed by atoms with Gasteiger partial charge in [0, 0.05) is 5.56 Å². The molecular formula is C16H14FNO. The molecule has 0 spiro atoms. The van der Waals surface area contributed by atoms with E-state index in [1.807, 2.05) is 31.2 Å². The molecular weight excluding hydrogens is 241 g/mol. The first-order valence-corrected chi connectivity index (χ1v) is 6.28.